The van der Waals surface area contributed by atoms with E-state index >= 15 is 0 Å². The highest BCUT2D eigenvalue weighted by molar-refractivity contribution is 5.35. The third-order valence-electron chi connectivity index (χ3n) is 6.01. The van der Waals surface area contributed by atoms with E-state index in [1.165, 1.54) is 37.8 Å². The van der Waals surface area contributed by atoms with E-state index in [2.05, 4.69) is 19.1 Å². The number of hydrogen-bond donors (Lipinski definition) is 0. The van der Waals surface area contributed by atoms with Crippen LogP contribution >= 0.6 is 0 Å². The molecule has 0 heterocycles. The first-order valence-electron chi connectivity index (χ1n) is 9.98. The van der Waals surface area contributed by atoms with E-state index in [1.807, 2.05) is 0 Å². The van der Waals surface area contributed by atoms with Crippen molar-refractivity contribution >= 4 is 0 Å². The van der Waals surface area contributed by atoms with Crippen molar-refractivity contribution in [3.63, 3.8) is 0 Å². The number of ether oxygens (including phenoxy) is 2. The van der Waals surface area contributed by atoms with Gasteiger partial charge in [-0.15, -0.1) is 0 Å². The molecule has 0 radical (unpaired) electrons. The first kappa shape index (κ1) is 19.2. The molecule has 4 unspecified atom stereocenters. The van der Waals surface area contributed by atoms with Gasteiger partial charge in [0.2, 0.25) is 11.6 Å². The predicted octanol–water partition coefficient (Wildman–Crippen LogP) is 6.15. The molecule has 4 atom stereocenters. The zero-order valence-electron chi connectivity index (χ0n) is 15.8. The van der Waals surface area contributed by atoms with Gasteiger partial charge in [0.05, 0.1) is 13.2 Å². The Morgan fingerprint density at radius 2 is 1.62 bits per heavy atom. The van der Waals surface area contributed by atoms with Crippen molar-refractivity contribution in [2.75, 3.05) is 13.2 Å². The van der Waals surface area contributed by atoms with Crippen LogP contribution in [0.25, 0.3) is 0 Å². The summed E-state index contributed by atoms with van der Waals surface area (Å²) < 4.78 is 38.8. The SMILES string of the molecule is C/C=C/C1CCC2CC(COc3ccc(OCC)c(F)c3F)CCC2C1. The summed E-state index contributed by atoms with van der Waals surface area (Å²) in [4.78, 5) is 0. The van der Waals surface area contributed by atoms with Gasteiger partial charge >= 0.3 is 0 Å². The highest BCUT2D eigenvalue weighted by Crippen LogP contribution is 2.45. The van der Waals surface area contributed by atoms with E-state index in [-0.39, 0.29) is 11.5 Å². The van der Waals surface area contributed by atoms with E-state index in [4.69, 9.17) is 9.47 Å². The van der Waals surface area contributed by atoms with Gasteiger partial charge in [0, 0.05) is 0 Å². The first-order chi connectivity index (χ1) is 12.6. The minimum Gasteiger partial charge on any atom is -0.491 e. The molecule has 3 rings (SSSR count). The molecule has 2 aliphatic rings. The second-order valence-electron chi connectivity index (χ2n) is 7.73. The molecule has 0 bridgehead atoms. The monoisotopic (exact) mass is 364 g/mol. The zero-order valence-corrected chi connectivity index (χ0v) is 15.8. The average Bonchev–Trinajstić information content (AvgIpc) is 2.65. The van der Waals surface area contributed by atoms with Gasteiger partial charge in [-0.25, -0.2) is 0 Å². The van der Waals surface area contributed by atoms with Crippen LogP contribution < -0.4 is 9.47 Å². The summed E-state index contributed by atoms with van der Waals surface area (Å²) in [5.74, 6) is 0.785. The smallest absolute Gasteiger partial charge is 0.204 e. The molecule has 1 aromatic rings. The van der Waals surface area contributed by atoms with Crippen molar-refractivity contribution < 1.29 is 18.3 Å². The summed E-state index contributed by atoms with van der Waals surface area (Å²) in [5.41, 5.74) is 0. The molecule has 1 aromatic carbocycles. The summed E-state index contributed by atoms with van der Waals surface area (Å²) in [7, 11) is 0. The van der Waals surface area contributed by atoms with Gasteiger partial charge in [-0.2, -0.15) is 8.78 Å². The summed E-state index contributed by atoms with van der Waals surface area (Å²) in [6.07, 6.45) is 11.9. The lowest BCUT2D eigenvalue weighted by Gasteiger charge is -2.41. The van der Waals surface area contributed by atoms with E-state index in [1.54, 1.807) is 6.92 Å². The highest BCUT2D eigenvalue weighted by Gasteiger charge is 2.35. The standard InChI is InChI=1S/C22H30F2O2/c1-3-5-15-6-8-18-13-16(7-9-17(18)12-15)14-26-20-11-10-19(25-4-2)21(23)22(20)24/h3,5,10-11,15-18H,4,6-9,12-14H2,1-2H3/b5-3+. The van der Waals surface area contributed by atoms with Gasteiger partial charge < -0.3 is 9.47 Å². The van der Waals surface area contributed by atoms with Gasteiger partial charge in [-0.3, -0.25) is 0 Å². The quantitative estimate of drug-likeness (QED) is 0.564. The van der Waals surface area contributed by atoms with Gasteiger partial charge in [-0.05, 0) is 88.2 Å². The Hall–Kier alpha value is -1.58. The van der Waals surface area contributed by atoms with Crippen LogP contribution in [0.2, 0.25) is 0 Å². The van der Waals surface area contributed by atoms with E-state index in [0.717, 1.165) is 30.6 Å². The Bertz CT molecular complexity index is 629. The molecule has 0 N–H and O–H groups in total. The van der Waals surface area contributed by atoms with Gasteiger partial charge in [0.1, 0.15) is 0 Å². The summed E-state index contributed by atoms with van der Waals surface area (Å²) in [6.45, 7) is 4.61. The molecule has 2 fully saturated rings. The Morgan fingerprint density at radius 1 is 0.962 bits per heavy atom. The minimum atomic E-state index is -0.963. The minimum absolute atomic E-state index is 0.00938. The van der Waals surface area contributed by atoms with Crippen LogP contribution in [-0.4, -0.2) is 13.2 Å². The van der Waals surface area contributed by atoms with Crippen molar-refractivity contribution in [3.8, 4) is 11.5 Å². The lowest BCUT2D eigenvalue weighted by atomic mass is 9.65. The molecule has 0 aromatic heterocycles. The van der Waals surface area contributed by atoms with Crippen LogP contribution in [-0.2, 0) is 0 Å². The first-order valence-corrected chi connectivity index (χ1v) is 9.98. The van der Waals surface area contributed by atoms with E-state index in [0.29, 0.717) is 19.1 Å². The molecular weight excluding hydrogens is 334 g/mol. The number of benzene rings is 1. The largest absolute Gasteiger partial charge is 0.491 e. The molecule has 0 saturated heterocycles. The Balaban J connectivity index is 1.53. The average molecular weight is 364 g/mol. The second-order valence-corrected chi connectivity index (χ2v) is 7.73. The maximum atomic E-state index is 14.1. The number of hydrogen-bond acceptors (Lipinski definition) is 2. The molecule has 144 valence electrons. The van der Waals surface area contributed by atoms with Crippen LogP contribution in [0.5, 0.6) is 11.5 Å². The molecule has 4 heteroatoms. The molecule has 0 amide bonds. The van der Waals surface area contributed by atoms with Crippen molar-refractivity contribution in [1.82, 2.24) is 0 Å². The van der Waals surface area contributed by atoms with E-state index in [9.17, 15) is 8.78 Å². The molecule has 2 nitrogen and oxygen atoms in total. The predicted molar refractivity (Wildman–Crippen MR) is 99.5 cm³/mol. The fourth-order valence-electron chi connectivity index (χ4n) is 4.72. The number of halogens is 2. The molecule has 2 aliphatic carbocycles. The summed E-state index contributed by atoms with van der Waals surface area (Å²) >= 11 is 0. The van der Waals surface area contributed by atoms with Crippen LogP contribution in [0, 0.1) is 35.3 Å². The van der Waals surface area contributed by atoms with Crippen molar-refractivity contribution in [1.29, 1.82) is 0 Å². The maximum Gasteiger partial charge on any atom is 0.204 e. The lowest BCUT2D eigenvalue weighted by Crippen LogP contribution is -2.32. The summed E-state index contributed by atoms with van der Waals surface area (Å²) in [6, 6.07) is 2.91. The van der Waals surface area contributed by atoms with Gasteiger partial charge in [-0.1, -0.05) is 12.2 Å². The Kier molecular flexibility index (Phi) is 6.55. The van der Waals surface area contributed by atoms with Crippen molar-refractivity contribution in [3.05, 3.63) is 35.9 Å². The Labute approximate surface area is 155 Å². The zero-order chi connectivity index (χ0) is 18.5. The van der Waals surface area contributed by atoms with Crippen molar-refractivity contribution in [2.45, 2.75) is 52.4 Å². The highest BCUT2D eigenvalue weighted by atomic mass is 19.2. The van der Waals surface area contributed by atoms with Crippen LogP contribution in [0.1, 0.15) is 52.4 Å². The lowest BCUT2D eigenvalue weighted by molar-refractivity contribution is 0.0853. The van der Waals surface area contributed by atoms with Crippen molar-refractivity contribution in [2.24, 2.45) is 23.7 Å². The fourth-order valence-corrected chi connectivity index (χ4v) is 4.72. The number of allylic oxidation sites excluding steroid dienone is 2. The van der Waals surface area contributed by atoms with Crippen LogP contribution in [0.4, 0.5) is 8.78 Å². The summed E-state index contributed by atoms with van der Waals surface area (Å²) in [5, 5.41) is 0. The fraction of sp³-hybridized carbons (Fsp3) is 0.636. The maximum absolute atomic E-state index is 14.1. The van der Waals surface area contributed by atoms with Crippen LogP contribution in [0.15, 0.2) is 24.3 Å². The molecule has 26 heavy (non-hydrogen) atoms. The van der Waals surface area contributed by atoms with E-state index < -0.39 is 11.6 Å². The number of rotatable bonds is 6. The normalized spacial score (nSPS) is 28.8. The number of fused-ring (bicyclic) bond motifs is 1. The third kappa shape index (κ3) is 4.39. The van der Waals surface area contributed by atoms with Crippen LogP contribution in [0.3, 0.4) is 0 Å². The third-order valence-corrected chi connectivity index (χ3v) is 6.01. The Morgan fingerprint density at radius 3 is 2.31 bits per heavy atom. The molecule has 0 aliphatic heterocycles. The molecular formula is C22H30F2O2. The molecule has 0 spiro atoms. The van der Waals surface area contributed by atoms with Gasteiger partial charge in [0.15, 0.2) is 11.5 Å². The topological polar surface area (TPSA) is 18.5 Å². The molecule has 2 saturated carbocycles. The van der Waals surface area contributed by atoms with Gasteiger partial charge in [0.25, 0.3) is 0 Å². The second kappa shape index (κ2) is 8.88.